The van der Waals surface area contributed by atoms with Crippen LogP contribution in [0.2, 0.25) is 5.02 Å². The Morgan fingerprint density at radius 3 is 2.00 bits per heavy atom. The first kappa shape index (κ1) is 22.8. The molecule has 2 atom stereocenters. The Hall–Kier alpha value is -2.36. The minimum Gasteiger partial charge on any atom is -0.495 e. The molecule has 1 aromatic carbocycles. The van der Waals surface area contributed by atoms with Gasteiger partial charge in [-0.2, -0.15) is 15.0 Å². The number of halogens is 1. The Labute approximate surface area is 194 Å². The third-order valence-electron chi connectivity index (χ3n) is 5.77. The van der Waals surface area contributed by atoms with Gasteiger partial charge in [-0.15, -0.1) is 0 Å². The van der Waals surface area contributed by atoms with Crippen molar-refractivity contribution in [1.82, 2.24) is 25.6 Å². The van der Waals surface area contributed by atoms with Crippen molar-refractivity contribution in [3.8, 4) is 5.75 Å². The van der Waals surface area contributed by atoms with Gasteiger partial charge in [-0.25, -0.2) is 0 Å². The largest absolute Gasteiger partial charge is 0.495 e. The first-order valence-corrected chi connectivity index (χ1v) is 11.9. The van der Waals surface area contributed by atoms with E-state index >= 15 is 0 Å². The zero-order valence-electron chi connectivity index (χ0n) is 18.6. The summed E-state index contributed by atoms with van der Waals surface area (Å²) in [5, 5.41) is 17.7. The second kappa shape index (κ2) is 11.5. The summed E-state index contributed by atoms with van der Waals surface area (Å²) in [4.78, 5) is 13.9. The van der Waals surface area contributed by atoms with Crippen molar-refractivity contribution in [2.45, 2.75) is 63.7 Å². The van der Waals surface area contributed by atoms with Gasteiger partial charge in [0.1, 0.15) is 5.75 Å². The van der Waals surface area contributed by atoms with Gasteiger partial charge in [-0.05, 0) is 57.0 Å². The molecular formula is C22H33ClN8O. The molecule has 0 saturated carbocycles. The van der Waals surface area contributed by atoms with E-state index < -0.39 is 0 Å². The monoisotopic (exact) mass is 460 g/mol. The molecule has 0 amide bonds. The number of hydrogen-bond acceptors (Lipinski definition) is 9. The first-order chi connectivity index (χ1) is 15.7. The fourth-order valence-corrected chi connectivity index (χ4v) is 4.31. The van der Waals surface area contributed by atoms with E-state index in [0.717, 1.165) is 31.6 Å². The zero-order valence-corrected chi connectivity index (χ0v) is 19.3. The molecule has 0 spiro atoms. The first-order valence-electron chi connectivity index (χ1n) is 11.6. The van der Waals surface area contributed by atoms with E-state index in [4.69, 9.17) is 16.3 Å². The molecule has 10 heteroatoms. The molecule has 32 heavy (non-hydrogen) atoms. The third-order valence-corrected chi connectivity index (χ3v) is 6.07. The number of nitrogens with zero attached hydrogens (tertiary/aromatic N) is 3. The quantitative estimate of drug-likeness (QED) is 0.417. The van der Waals surface area contributed by atoms with E-state index in [2.05, 4.69) is 41.5 Å². The van der Waals surface area contributed by atoms with Gasteiger partial charge in [0.2, 0.25) is 17.8 Å². The molecule has 5 N–H and O–H groups in total. The van der Waals surface area contributed by atoms with Gasteiger partial charge in [0, 0.05) is 5.69 Å². The number of aromatic nitrogens is 3. The lowest BCUT2D eigenvalue weighted by atomic mass is 10.2. The number of benzene rings is 1. The molecule has 0 aliphatic carbocycles. The smallest absolute Gasteiger partial charge is 0.233 e. The fourth-order valence-electron chi connectivity index (χ4n) is 4.05. The van der Waals surface area contributed by atoms with Gasteiger partial charge in [0.05, 0.1) is 24.5 Å². The van der Waals surface area contributed by atoms with Crippen LogP contribution in [0.15, 0.2) is 18.2 Å². The van der Waals surface area contributed by atoms with E-state index in [1.165, 1.54) is 38.5 Å². The lowest BCUT2D eigenvalue weighted by Gasteiger charge is -2.21. The number of ether oxygens (including phenoxy) is 1. The van der Waals surface area contributed by atoms with Crippen molar-refractivity contribution in [3.05, 3.63) is 23.2 Å². The lowest BCUT2D eigenvalue weighted by Crippen LogP contribution is -2.37. The minimum atomic E-state index is 0.145. The van der Waals surface area contributed by atoms with Crippen LogP contribution in [0.4, 0.5) is 23.5 Å². The molecule has 2 aromatic rings. The lowest BCUT2D eigenvalue weighted by molar-refractivity contribution is 0.415. The summed E-state index contributed by atoms with van der Waals surface area (Å²) in [5.41, 5.74) is 0.777. The van der Waals surface area contributed by atoms with Crippen LogP contribution in [0.5, 0.6) is 5.75 Å². The van der Waals surface area contributed by atoms with Crippen molar-refractivity contribution in [2.24, 2.45) is 0 Å². The highest BCUT2D eigenvalue weighted by Gasteiger charge is 2.17. The summed E-state index contributed by atoms with van der Waals surface area (Å²) >= 11 is 6.29. The molecule has 174 valence electrons. The van der Waals surface area contributed by atoms with Crippen LogP contribution in [0.25, 0.3) is 0 Å². The SMILES string of the molecule is COc1ccc(Nc2nc(NC3CCCCCN3)nc(NC3CCCCCN3)n2)cc1Cl. The van der Waals surface area contributed by atoms with Gasteiger partial charge in [0.25, 0.3) is 0 Å². The highest BCUT2D eigenvalue weighted by atomic mass is 35.5. The van der Waals surface area contributed by atoms with Crippen LogP contribution in [0, 0.1) is 0 Å². The molecule has 9 nitrogen and oxygen atoms in total. The highest BCUT2D eigenvalue weighted by Crippen LogP contribution is 2.28. The zero-order chi connectivity index (χ0) is 22.2. The van der Waals surface area contributed by atoms with Gasteiger partial charge in [-0.3, -0.25) is 10.6 Å². The summed E-state index contributed by atoms with van der Waals surface area (Å²) in [7, 11) is 1.60. The minimum absolute atomic E-state index is 0.145. The van der Waals surface area contributed by atoms with Crippen LogP contribution < -0.4 is 31.3 Å². The maximum atomic E-state index is 6.29. The van der Waals surface area contributed by atoms with Crippen molar-refractivity contribution in [3.63, 3.8) is 0 Å². The van der Waals surface area contributed by atoms with Gasteiger partial charge < -0.3 is 20.7 Å². The van der Waals surface area contributed by atoms with Crippen LogP contribution >= 0.6 is 11.6 Å². The molecule has 2 unspecified atom stereocenters. The van der Waals surface area contributed by atoms with Crippen LogP contribution in [-0.4, -0.2) is 47.5 Å². The van der Waals surface area contributed by atoms with Crippen molar-refractivity contribution in [2.75, 3.05) is 36.1 Å². The maximum Gasteiger partial charge on any atom is 0.233 e. The number of rotatable bonds is 7. The standard InChI is InChI=1S/C22H33ClN8O/c1-32-17-11-10-15(14-16(17)23)26-20-29-21(27-18-8-4-2-6-12-24-18)31-22(30-20)28-19-9-5-3-7-13-25-19/h10-11,14,18-19,24-25H,2-9,12-13H2,1H3,(H3,26,27,28,29,30,31). The molecule has 2 saturated heterocycles. The summed E-state index contributed by atoms with van der Waals surface area (Å²) in [6.45, 7) is 1.99. The molecule has 2 aliphatic heterocycles. The average Bonchev–Trinajstić information content (AvgIpc) is 3.19. The van der Waals surface area contributed by atoms with E-state index in [1.807, 2.05) is 12.1 Å². The molecule has 2 fully saturated rings. The third kappa shape index (κ3) is 6.57. The Bertz CT molecular complexity index is 827. The van der Waals surface area contributed by atoms with Crippen molar-refractivity contribution >= 4 is 35.1 Å². The highest BCUT2D eigenvalue weighted by molar-refractivity contribution is 6.32. The Morgan fingerprint density at radius 2 is 1.44 bits per heavy atom. The van der Waals surface area contributed by atoms with Crippen LogP contribution in [0.3, 0.4) is 0 Å². The Morgan fingerprint density at radius 1 is 0.844 bits per heavy atom. The molecule has 4 rings (SSSR count). The number of hydrogen-bond donors (Lipinski definition) is 5. The molecule has 0 radical (unpaired) electrons. The molecular weight excluding hydrogens is 428 g/mol. The van der Waals surface area contributed by atoms with Gasteiger partial charge >= 0.3 is 0 Å². The second-order valence-electron chi connectivity index (χ2n) is 8.28. The second-order valence-corrected chi connectivity index (χ2v) is 8.69. The van der Waals surface area contributed by atoms with Gasteiger partial charge in [-0.1, -0.05) is 37.3 Å². The summed E-state index contributed by atoms with van der Waals surface area (Å²) in [5.74, 6) is 2.15. The van der Waals surface area contributed by atoms with E-state index in [0.29, 0.717) is 28.6 Å². The van der Waals surface area contributed by atoms with Gasteiger partial charge in [0.15, 0.2) is 0 Å². The fraction of sp³-hybridized carbons (Fsp3) is 0.591. The summed E-state index contributed by atoms with van der Waals surface area (Å²) in [6, 6.07) is 5.49. The van der Waals surface area contributed by atoms with Crippen LogP contribution in [-0.2, 0) is 0 Å². The van der Waals surface area contributed by atoms with Crippen molar-refractivity contribution < 1.29 is 4.74 Å². The Balaban J connectivity index is 1.54. The maximum absolute atomic E-state index is 6.29. The predicted molar refractivity (Wildman–Crippen MR) is 129 cm³/mol. The van der Waals surface area contributed by atoms with E-state index in [-0.39, 0.29) is 12.3 Å². The van der Waals surface area contributed by atoms with Crippen molar-refractivity contribution in [1.29, 1.82) is 0 Å². The predicted octanol–water partition coefficient (Wildman–Crippen LogP) is 4.08. The van der Waals surface area contributed by atoms with E-state index in [1.54, 1.807) is 13.2 Å². The topological polar surface area (TPSA) is 108 Å². The normalized spacial score (nSPS) is 21.8. The molecule has 3 heterocycles. The van der Waals surface area contributed by atoms with Crippen LogP contribution in [0.1, 0.15) is 51.4 Å². The van der Waals surface area contributed by atoms with E-state index in [9.17, 15) is 0 Å². The number of methoxy groups -OCH3 is 1. The summed E-state index contributed by atoms with van der Waals surface area (Å²) < 4.78 is 5.24. The summed E-state index contributed by atoms with van der Waals surface area (Å²) in [6.07, 6.45) is 9.61. The average molecular weight is 461 g/mol. The molecule has 2 aliphatic rings. The number of nitrogens with one attached hydrogen (secondary N) is 5. The number of anilines is 4. The molecule has 0 bridgehead atoms. The molecule has 1 aromatic heterocycles. The Kier molecular flexibility index (Phi) is 8.19.